The summed E-state index contributed by atoms with van der Waals surface area (Å²) in [5, 5.41) is 11.5. The minimum Gasteiger partial charge on any atom is -0.375 e. The van der Waals surface area contributed by atoms with Crippen LogP contribution in [0.3, 0.4) is 0 Å². The highest BCUT2D eigenvalue weighted by Gasteiger charge is 2.36. The normalized spacial score (nSPS) is 14.7. The number of para-hydroxylation sites is 1. The maximum absolute atomic E-state index is 13.3. The van der Waals surface area contributed by atoms with Gasteiger partial charge in [0.1, 0.15) is 16.9 Å². The van der Waals surface area contributed by atoms with Crippen molar-refractivity contribution in [1.82, 2.24) is 20.3 Å². The van der Waals surface area contributed by atoms with Crippen LogP contribution in [0, 0.1) is 0 Å². The highest BCUT2D eigenvalue weighted by molar-refractivity contribution is 6.37. The molecule has 0 amide bonds. The number of hydrogen-bond acceptors (Lipinski definition) is 5. The molecule has 1 aliphatic carbocycles. The predicted molar refractivity (Wildman–Crippen MR) is 98.7 cm³/mol. The first-order valence-electron chi connectivity index (χ1n) is 8.38. The molecular formula is C20H18N4O2. The number of benzene rings is 2. The predicted octanol–water partition coefficient (Wildman–Crippen LogP) is 3.07. The second kappa shape index (κ2) is 5.62. The van der Waals surface area contributed by atoms with Crippen LogP contribution in [0.2, 0.25) is 0 Å². The number of carbonyl (C=O) groups excluding carboxylic acids is 2. The van der Waals surface area contributed by atoms with Gasteiger partial charge >= 0.3 is 0 Å². The van der Waals surface area contributed by atoms with Gasteiger partial charge in [-0.25, -0.2) is 4.68 Å². The minimum atomic E-state index is -0.404. The maximum Gasteiger partial charge on any atom is 0.214 e. The zero-order valence-electron chi connectivity index (χ0n) is 14.8. The monoisotopic (exact) mass is 346 g/mol. The van der Waals surface area contributed by atoms with E-state index in [4.69, 9.17) is 0 Å². The number of nitrogens with zero attached hydrogens (tertiary/aromatic N) is 3. The van der Waals surface area contributed by atoms with E-state index >= 15 is 0 Å². The quantitative estimate of drug-likeness (QED) is 0.772. The molecule has 0 aliphatic heterocycles. The van der Waals surface area contributed by atoms with Crippen LogP contribution in [0.5, 0.6) is 0 Å². The molecule has 0 atom stereocenters. The van der Waals surface area contributed by atoms with E-state index in [2.05, 4.69) is 15.6 Å². The Morgan fingerprint density at radius 2 is 1.50 bits per heavy atom. The third-order valence-corrected chi connectivity index (χ3v) is 4.16. The van der Waals surface area contributed by atoms with E-state index in [0.29, 0.717) is 22.2 Å². The lowest BCUT2D eigenvalue weighted by atomic mass is 9.89. The molecule has 3 aromatic rings. The summed E-state index contributed by atoms with van der Waals surface area (Å²) in [5.74, 6) is -0.465. The molecule has 1 heterocycles. The van der Waals surface area contributed by atoms with Gasteiger partial charge in [-0.2, -0.15) is 0 Å². The van der Waals surface area contributed by atoms with E-state index in [1.807, 2.05) is 45.0 Å². The molecule has 1 aromatic heterocycles. The number of aromatic nitrogens is 3. The SMILES string of the molecule is CC(C)(C)NC1=C(n2nnc3ccccc32)C(=O)c2ccccc2C1=O. The van der Waals surface area contributed by atoms with E-state index < -0.39 is 5.54 Å². The molecule has 4 rings (SSSR count). The summed E-state index contributed by atoms with van der Waals surface area (Å²) in [6.07, 6.45) is 0. The Labute approximate surface area is 150 Å². The Kier molecular flexibility index (Phi) is 3.50. The first kappa shape index (κ1) is 16.2. The molecule has 0 saturated heterocycles. The zero-order chi connectivity index (χ0) is 18.5. The van der Waals surface area contributed by atoms with Crippen LogP contribution in [0.15, 0.2) is 54.2 Å². The van der Waals surface area contributed by atoms with E-state index in [-0.39, 0.29) is 23.0 Å². The summed E-state index contributed by atoms with van der Waals surface area (Å²) in [4.78, 5) is 26.4. The van der Waals surface area contributed by atoms with Crippen LogP contribution in [-0.4, -0.2) is 32.1 Å². The van der Waals surface area contributed by atoms with Crippen molar-refractivity contribution >= 4 is 28.3 Å². The van der Waals surface area contributed by atoms with Gasteiger partial charge in [0.2, 0.25) is 11.6 Å². The average molecular weight is 346 g/mol. The van der Waals surface area contributed by atoms with Gasteiger partial charge in [0.15, 0.2) is 0 Å². The number of ketones is 2. The van der Waals surface area contributed by atoms with Gasteiger partial charge in [-0.3, -0.25) is 9.59 Å². The van der Waals surface area contributed by atoms with E-state index in [1.54, 1.807) is 24.3 Å². The Bertz CT molecular complexity index is 1090. The Morgan fingerprint density at radius 3 is 2.19 bits per heavy atom. The molecule has 6 nitrogen and oxygen atoms in total. The third-order valence-electron chi connectivity index (χ3n) is 4.16. The Balaban J connectivity index is 2.02. The Hall–Kier alpha value is -3.28. The van der Waals surface area contributed by atoms with Gasteiger partial charge in [-0.15, -0.1) is 5.10 Å². The van der Waals surface area contributed by atoms with Crippen LogP contribution in [0.1, 0.15) is 41.5 Å². The van der Waals surface area contributed by atoms with Gasteiger partial charge in [0.05, 0.1) is 5.52 Å². The van der Waals surface area contributed by atoms with Crippen molar-refractivity contribution in [2.24, 2.45) is 0 Å². The van der Waals surface area contributed by atoms with Crippen LogP contribution in [-0.2, 0) is 0 Å². The summed E-state index contributed by atoms with van der Waals surface area (Å²) in [7, 11) is 0. The fourth-order valence-electron chi connectivity index (χ4n) is 3.09. The van der Waals surface area contributed by atoms with Crippen molar-refractivity contribution in [2.75, 3.05) is 0 Å². The summed E-state index contributed by atoms with van der Waals surface area (Å²) in [5.41, 5.74) is 2.17. The van der Waals surface area contributed by atoms with Crippen molar-refractivity contribution in [3.05, 3.63) is 65.4 Å². The average Bonchev–Trinajstić information content (AvgIpc) is 3.02. The number of allylic oxidation sites excluding steroid dienone is 2. The molecule has 0 bridgehead atoms. The highest BCUT2D eigenvalue weighted by atomic mass is 16.1. The van der Waals surface area contributed by atoms with Gasteiger partial charge in [0, 0.05) is 16.7 Å². The summed E-state index contributed by atoms with van der Waals surface area (Å²) >= 11 is 0. The van der Waals surface area contributed by atoms with Crippen molar-refractivity contribution < 1.29 is 9.59 Å². The van der Waals surface area contributed by atoms with Crippen molar-refractivity contribution in [2.45, 2.75) is 26.3 Å². The first-order valence-corrected chi connectivity index (χ1v) is 8.38. The lowest BCUT2D eigenvalue weighted by molar-refractivity contribution is 0.0977. The molecule has 2 aromatic carbocycles. The number of fused-ring (bicyclic) bond motifs is 2. The zero-order valence-corrected chi connectivity index (χ0v) is 14.8. The number of Topliss-reactive ketones (excluding diaryl/α,β-unsaturated/α-hetero) is 2. The van der Waals surface area contributed by atoms with Gasteiger partial charge in [0.25, 0.3) is 0 Å². The molecule has 6 heteroatoms. The van der Waals surface area contributed by atoms with E-state index in [9.17, 15) is 9.59 Å². The summed E-state index contributed by atoms with van der Waals surface area (Å²) < 4.78 is 1.46. The second-order valence-electron chi connectivity index (χ2n) is 7.29. The topological polar surface area (TPSA) is 76.9 Å². The molecular weight excluding hydrogens is 328 g/mol. The number of rotatable bonds is 2. The molecule has 130 valence electrons. The largest absolute Gasteiger partial charge is 0.375 e. The number of nitrogens with one attached hydrogen (secondary N) is 1. The number of hydrogen-bond donors (Lipinski definition) is 1. The van der Waals surface area contributed by atoms with Crippen LogP contribution in [0.4, 0.5) is 0 Å². The lowest BCUT2D eigenvalue weighted by Gasteiger charge is -2.28. The standard InChI is InChI=1S/C20H18N4O2/c1-20(2,3)21-16-17(24-15-11-7-6-10-14(15)22-23-24)19(26)13-9-5-4-8-12(13)18(16)25/h4-11,21H,1-3H3. The van der Waals surface area contributed by atoms with E-state index in [1.165, 1.54) is 4.68 Å². The highest BCUT2D eigenvalue weighted by Crippen LogP contribution is 2.30. The molecule has 0 fully saturated rings. The van der Waals surface area contributed by atoms with Crippen molar-refractivity contribution in [1.29, 1.82) is 0 Å². The van der Waals surface area contributed by atoms with Crippen LogP contribution >= 0.6 is 0 Å². The fourth-order valence-corrected chi connectivity index (χ4v) is 3.09. The number of carbonyl (C=O) groups is 2. The smallest absolute Gasteiger partial charge is 0.214 e. The molecule has 1 aliphatic rings. The van der Waals surface area contributed by atoms with Crippen molar-refractivity contribution in [3.8, 4) is 0 Å². The lowest BCUT2D eigenvalue weighted by Crippen LogP contribution is -2.41. The van der Waals surface area contributed by atoms with Crippen LogP contribution < -0.4 is 5.32 Å². The van der Waals surface area contributed by atoms with Gasteiger partial charge in [-0.05, 0) is 32.9 Å². The van der Waals surface area contributed by atoms with Gasteiger partial charge in [-0.1, -0.05) is 41.6 Å². The first-order chi connectivity index (χ1) is 12.4. The fraction of sp³-hybridized carbons (Fsp3) is 0.200. The second-order valence-corrected chi connectivity index (χ2v) is 7.29. The van der Waals surface area contributed by atoms with Crippen molar-refractivity contribution in [3.63, 3.8) is 0 Å². The third kappa shape index (κ3) is 2.50. The molecule has 1 N–H and O–H groups in total. The summed E-state index contributed by atoms with van der Waals surface area (Å²) in [6.45, 7) is 5.82. The summed E-state index contributed by atoms with van der Waals surface area (Å²) in [6, 6.07) is 14.2. The molecule has 26 heavy (non-hydrogen) atoms. The Morgan fingerprint density at radius 1 is 0.885 bits per heavy atom. The molecule has 0 spiro atoms. The van der Waals surface area contributed by atoms with Gasteiger partial charge < -0.3 is 5.32 Å². The van der Waals surface area contributed by atoms with E-state index in [0.717, 1.165) is 0 Å². The minimum absolute atomic E-state index is 0.206. The molecule has 0 radical (unpaired) electrons. The maximum atomic E-state index is 13.3. The molecule has 0 saturated carbocycles. The molecule has 0 unspecified atom stereocenters. The van der Waals surface area contributed by atoms with Crippen LogP contribution in [0.25, 0.3) is 16.7 Å².